The van der Waals surface area contributed by atoms with Gasteiger partial charge in [0.25, 0.3) is 0 Å². The van der Waals surface area contributed by atoms with Gasteiger partial charge >= 0.3 is 0 Å². The largest absolute Gasteiger partial charge is 0.494 e. The normalized spacial score (nSPS) is 11.4. The van der Waals surface area contributed by atoms with Gasteiger partial charge < -0.3 is 24.4 Å². The van der Waals surface area contributed by atoms with Crippen LogP contribution in [0.25, 0.3) is 0 Å². The molecule has 0 saturated heterocycles. The van der Waals surface area contributed by atoms with Crippen LogP contribution in [0.1, 0.15) is 25.8 Å². The van der Waals surface area contributed by atoms with Crippen LogP contribution in [-0.2, 0) is 16.0 Å². The Balaban J connectivity index is 2.45. The van der Waals surface area contributed by atoms with E-state index in [0.29, 0.717) is 26.4 Å². The Morgan fingerprint density at radius 3 is 2.52 bits per heavy atom. The van der Waals surface area contributed by atoms with Gasteiger partial charge in [0.15, 0.2) is 5.96 Å². The van der Waals surface area contributed by atoms with Crippen molar-refractivity contribution < 1.29 is 14.2 Å². The van der Waals surface area contributed by atoms with Crippen molar-refractivity contribution in [3.63, 3.8) is 0 Å². The number of nitrogens with zero attached hydrogens (tertiary/aromatic N) is 2. The third-order valence-corrected chi connectivity index (χ3v) is 3.49. The van der Waals surface area contributed by atoms with Crippen LogP contribution in [-0.4, -0.2) is 64.5 Å². The van der Waals surface area contributed by atoms with Gasteiger partial charge in [-0.1, -0.05) is 12.1 Å². The number of hydrogen-bond donors (Lipinski definition) is 1. The van der Waals surface area contributed by atoms with Gasteiger partial charge in [-0.3, -0.25) is 4.99 Å². The van der Waals surface area contributed by atoms with Gasteiger partial charge in [0.1, 0.15) is 5.75 Å². The fraction of sp³-hybridized carbons (Fsp3) is 0.632. The lowest BCUT2D eigenvalue weighted by Crippen LogP contribution is -2.38. The third kappa shape index (κ3) is 9.31. The van der Waals surface area contributed by atoms with Crippen LogP contribution in [0.15, 0.2) is 29.3 Å². The Kier molecular flexibility index (Phi) is 11.5. The molecule has 0 bridgehead atoms. The molecule has 0 aliphatic rings. The van der Waals surface area contributed by atoms with Crippen LogP contribution in [0.4, 0.5) is 0 Å². The van der Waals surface area contributed by atoms with E-state index >= 15 is 0 Å². The number of aliphatic imine (C=N–C) groups is 1. The van der Waals surface area contributed by atoms with E-state index in [4.69, 9.17) is 14.2 Å². The second kappa shape index (κ2) is 13.5. The molecule has 0 radical (unpaired) electrons. The van der Waals surface area contributed by atoms with Crippen LogP contribution >= 0.6 is 0 Å². The zero-order valence-corrected chi connectivity index (χ0v) is 16.1. The number of methoxy groups -OCH3 is 1. The molecule has 0 aromatic heterocycles. The van der Waals surface area contributed by atoms with Crippen molar-refractivity contribution in [3.05, 3.63) is 29.8 Å². The van der Waals surface area contributed by atoms with Crippen LogP contribution in [0.5, 0.6) is 5.75 Å². The van der Waals surface area contributed by atoms with Gasteiger partial charge in [0, 0.05) is 40.4 Å². The van der Waals surface area contributed by atoms with Gasteiger partial charge in [-0.15, -0.1) is 0 Å². The summed E-state index contributed by atoms with van der Waals surface area (Å²) in [7, 11) is 3.73. The first-order chi connectivity index (χ1) is 12.2. The van der Waals surface area contributed by atoms with E-state index < -0.39 is 0 Å². The maximum Gasteiger partial charge on any atom is 0.193 e. The highest BCUT2D eigenvalue weighted by atomic mass is 16.5. The van der Waals surface area contributed by atoms with E-state index in [1.165, 1.54) is 5.56 Å². The number of rotatable bonds is 12. The van der Waals surface area contributed by atoms with Crippen LogP contribution in [0.2, 0.25) is 0 Å². The number of guanidine groups is 1. The lowest BCUT2D eigenvalue weighted by molar-refractivity contribution is 0.0702. The second-order valence-electron chi connectivity index (χ2n) is 5.63. The molecule has 0 heterocycles. The SMILES string of the molecule is CCNC(=NCCCOCCOC)N(C)Cc1ccc(OCC)cc1. The highest BCUT2D eigenvalue weighted by molar-refractivity contribution is 5.79. The minimum absolute atomic E-state index is 0.636. The van der Waals surface area contributed by atoms with E-state index in [9.17, 15) is 0 Å². The van der Waals surface area contributed by atoms with Crippen molar-refractivity contribution in [2.75, 3.05) is 53.7 Å². The topological polar surface area (TPSA) is 55.3 Å². The Morgan fingerprint density at radius 2 is 1.88 bits per heavy atom. The maximum atomic E-state index is 5.48. The number of ether oxygens (including phenoxy) is 3. The molecule has 142 valence electrons. The van der Waals surface area contributed by atoms with E-state index in [1.54, 1.807) is 7.11 Å². The van der Waals surface area contributed by atoms with Crippen molar-refractivity contribution in [2.45, 2.75) is 26.8 Å². The maximum absolute atomic E-state index is 5.48. The quantitative estimate of drug-likeness (QED) is 0.356. The second-order valence-corrected chi connectivity index (χ2v) is 5.63. The van der Waals surface area contributed by atoms with Gasteiger partial charge in [-0.25, -0.2) is 0 Å². The highest BCUT2D eigenvalue weighted by Crippen LogP contribution is 2.13. The van der Waals surface area contributed by atoms with Gasteiger partial charge in [-0.2, -0.15) is 0 Å². The predicted molar refractivity (Wildman–Crippen MR) is 102 cm³/mol. The molecule has 0 fully saturated rings. The zero-order valence-electron chi connectivity index (χ0n) is 16.1. The van der Waals surface area contributed by atoms with Crippen molar-refractivity contribution >= 4 is 5.96 Å². The van der Waals surface area contributed by atoms with Gasteiger partial charge in [0.2, 0.25) is 0 Å². The molecule has 0 atom stereocenters. The van der Waals surface area contributed by atoms with Crippen LogP contribution in [0, 0.1) is 0 Å². The summed E-state index contributed by atoms with van der Waals surface area (Å²) in [6, 6.07) is 8.20. The predicted octanol–water partition coefficient (Wildman–Crippen LogP) is 2.54. The van der Waals surface area contributed by atoms with Crippen molar-refractivity contribution in [2.24, 2.45) is 4.99 Å². The number of benzene rings is 1. The molecule has 0 spiro atoms. The summed E-state index contributed by atoms with van der Waals surface area (Å²) in [5, 5.41) is 3.34. The molecular formula is C19H33N3O3. The highest BCUT2D eigenvalue weighted by Gasteiger charge is 2.06. The summed E-state index contributed by atoms with van der Waals surface area (Å²) in [5.74, 6) is 1.82. The molecule has 0 unspecified atom stereocenters. The molecule has 25 heavy (non-hydrogen) atoms. The first kappa shape index (κ1) is 21.3. The summed E-state index contributed by atoms with van der Waals surface area (Å²) < 4.78 is 15.9. The Hall–Kier alpha value is -1.79. The average molecular weight is 351 g/mol. The minimum atomic E-state index is 0.636. The summed E-state index contributed by atoms with van der Waals surface area (Å²) in [4.78, 5) is 6.80. The van der Waals surface area contributed by atoms with Gasteiger partial charge in [-0.05, 0) is 38.0 Å². The fourth-order valence-corrected chi connectivity index (χ4v) is 2.27. The summed E-state index contributed by atoms with van der Waals surface area (Å²) in [6.45, 7) is 9.11. The van der Waals surface area contributed by atoms with E-state index in [0.717, 1.165) is 37.8 Å². The monoisotopic (exact) mass is 351 g/mol. The standard InChI is InChI=1S/C19H33N3O3/c1-5-20-19(21-12-7-13-24-15-14-23-4)22(3)16-17-8-10-18(11-9-17)25-6-2/h8-11H,5-7,12-16H2,1-4H3,(H,20,21). The molecule has 1 N–H and O–H groups in total. The van der Waals surface area contributed by atoms with E-state index in [-0.39, 0.29) is 0 Å². The van der Waals surface area contributed by atoms with Crippen molar-refractivity contribution in [1.29, 1.82) is 0 Å². The average Bonchev–Trinajstić information content (AvgIpc) is 2.62. The molecule has 1 aromatic rings. The molecule has 1 aromatic carbocycles. The Morgan fingerprint density at radius 1 is 1.12 bits per heavy atom. The molecule has 0 aliphatic heterocycles. The van der Waals surface area contributed by atoms with E-state index in [1.807, 2.05) is 26.1 Å². The molecular weight excluding hydrogens is 318 g/mol. The zero-order chi connectivity index (χ0) is 18.3. The fourth-order valence-electron chi connectivity index (χ4n) is 2.27. The van der Waals surface area contributed by atoms with Crippen LogP contribution in [0.3, 0.4) is 0 Å². The molecule has 6 nitrogen and oxygen atoms in total. The summed E-state index contributed by atoms with van der Waals surface area (Å²) >= 11 is 0. The summed E-state index contributed by atoms with van der Waals surface area (Å²) in [6.07, 6.45) is 0.898. The molecule has 0 amide bonds. The smallest absolute Gasteiger partial charge is 0.193 e. The number of nitrogens with one attached hydrogen (secondary N) is 1. The molecule has 6 heteroatoms. The molecule has 0 saturated carbocycles. The van der Waals surface area contributed by atoms with E-state index in [2.05, 4.69) is 34.3 Å². The first-order valence-corrected chi connectivity index (χ1v) is 8.99. The lowest BCUT2D eigenvalue weighted by atomic mass is 10.2. The summed E-state index contributed by atoms with van der Waals surface area (Å²) in [5.41, 5.74) is 1.22. The van der Waals surface area contributed by atoms with Crippen molar-refractivity contribution in [1.82, 2.24) is 10.2 Å². The Labute approximate surface area is 152 Å². The Bertz CT molecular complexity index is 477. The number of hydrogen-bond acceptors (Lipinski definition) is 4. The van der Waals surface area contributed by atoms with Gasteiger partial charge in [0.05, 0.1) is 19.8 Å². The molecule has 1 rings (SSSR count). The minimum Gasteiger partial charge on any atom is -0.494 e. The lowest BCUT2D eigenvalue weighted by Gasteiger charge is -2.22. The van der Waals surface area contributed by atoms with Crippen molar-refractivity contribution in [3.8, 4) is 5.75 Å². The molecule has 0 aliphatic carbocycles. The third-order valence-electron chi connectivity index (χ3n) is 3.49. The first-order valence-electron chi connectivity index (χ1n) is 8.99. The van der Waals surface area contributed by atoms with Crippen LogP contribution < -0.4 is 10.1 Å².